The third-order valence-corrected chi connectivity index (χ3v) is 3.46. The standard InChI is InChI=1S/C12H15BrClNO/c1-9(8-14)15(2)12(16)7-10-4-3-5-11(13)6-10/h3-6,9H,7-8H2,1-2H3. The summed E-state index contributed by atoms with van der Waals surface area (Å²) in [5.41, 5.74) is 1.01. The Labute approximate surface area is 110 Å². The van der Waals surface area contributed by atoms with Gasteiger partial charge in [-0.05, 0) is 24.6 Å². The number of carbonyl (C=O) groups is 1. The molecular formula is C12H15BrClNO. The fourth-order valence-electron chi connectivity index (χ4n) is 1.30. The number of benzene rings is 1. The lowest BCUT2D eigenvalue weighted by Gasteiger charge is -2.23. The summed E-state index contributed by atoms with van der Waals surface area (Å²) in [7, 11) is 1.79. The van der Waals surface area contributed by atoms with Crippen LogP contribution in [-0.2, 0) is 11.2 Å². The molecule has 0 spiro atoms. The molecule has 1 atom stereocenters. The van der Waals surface area contributed by atoms with Crippen molar-refractivity contribution in [3.8, 4) is 0 Å². The number of hydrogen-bond donors (Lipinski definition) is 0. The molecule has 0 saturated carbocycles. The lowest BCUT2D eigenvalue weighted by molar-refractivity contribution is -0.130. The van der Waals surface area contributed by atoms with E-state index < -0.39 is 0 Å². The summed E-state index contributed by atoms with van der Waals surface area (Å²) in [6.45, 7) is 1.94. The number of amides is 1. The molecule has 0 bridgehead atoms. The Morgan fingerprint density at radius 3 is 2.81 bits per heavy atom. The molecule has 1 amide bonds. The van der Waals surface area contributed by atoms with Gasteiger partial charge in [-0.3, -0.25) is 4.79 Å². The largest absolute Gasteiger partial charge is 0.342 e. The molecular weight excluding hydrogens is 289 g/mol. The molecule has 1 aromatic carbocycles. The first-order valence-corrected chi connectivity index (χ1v) is 6.43. The monoisotopic (exact) mass is 303 g/mol. The minimum Gasteiger partial charge on any atom is -0.342 e. The van der Waals surface area contributed by atoms with Crippen LogP contribution < -0.4 is 0 Å². The van der Waals surface area contributed by atoms with Crippen LogP contribution in [0, 0.1) is 0 Å². The molecule has 0 fully saturated rings. The van der Waals surface area contributed by atoms with Crippen molar-refractivity contribution < 1.29 is 4.79 Å². The maximum atomic E-state index is 11.9. The molecule has 4 heteroatoms. The van der Waals surface area contributed by atoms with Gasteiger partial charge >= 0.3 is 0 Å². The normalized spacial score (nSPS) is 12.2. The van der Waals surface area contributed by atoms with Crippen LogP contribution in [0.15, 0.2) is 28.7 Å². The van der Waals surface area contributed by atoms with E-state index in [9.17, 15) is 4.79 Å². The third kappa shape index (κ3) is 3.80. The number of hydrogen-bond acceptors (Lipinski definition) is 1. The van der Waals surface area contributed by atoms with Crippen LogP contribution in [0.1, 0.15) is 12.5 Å². The number of rotatable bonds is 4. The van der Waals surface area contributed by atoms with Gasteiger partial charge in [0, 0.05) is 23.4 Å². The van der Waals surface area contributed by atoms with Crippen LogP contribution in [0.25, 0.3) is 0 Å². The zero-order valence-corrected chi connectivity index (χ0v) is 11.8. The van der Waals surface area contributed by atoms with Gasteiger partial charge in [0.15, 0.2) is 0 Å². The van der Waals surface area contributed by atoms with Crippen molar-refractivity contribution in [3.63, 3.8) is 0 Å². The minimum absolute atomic E-state index is 0.0707. The van der Waals surface area contributed by atoms with E-state index in [1.54, 1.807) is 11.9 Å². The van der Waals surface area contributed by atoms with Crippen LogP contribution >= 0.6 is 27.5 Å². The SMILES string of the molecule is CC(CCl)N(C)C(=O)Cc1cccc(Br)c1. The van der Waals surface area contributed by atoms with E-state index in [1.807, 2.05) is 31.2 Å². The summed E-state index contributed by atoms with van der Waals surface area (Å²) < 4.78 is 0.992. The van der Waals surface area contributed by atoms with Crippen molar-refractivity contribution >= 4 is 33.4 Å². The Kier molecular flexibility index (Phi) is 5.29. The summed E-state index contributed by atoms with van der Waals surface area (Å²) in [6, 6.07) is 7.84. The molecule has 0 aliphatic rings. The van der Waals surface area contributed by atoms with Gasteiger partial charge in [0.1, 0.15) is 0 Å². The van der Waals surface area contributed by atoms with E-state index in [-0.39, 0.29) is 11.9 Å². The molecule has 1 rings (SSSR count). The van der Waals surface area contributed by atoms with Crippen molar-refractivity contribution in [2.24, 2.45) is 0 Å². The first kappa shape index (κ1) is 13.5. The Hall–Kier alpha value is -0.540. The number of alkyl halides is 1. The lowest BCUT2D eigenvalue weighted by atomic mass is 10.1. The second-order valence-corrected chi connectivity index (χ2v) is 5.04. The van der Waals surface area contributed by atoms with Gasteiger partial charge in [0.25, 0.3) is 0 Å². The summed E-state index contributed by atoms with van der Waals surface area (Å²) in [6.07, 6.45) is 0.414. The summed E-state index contributed by atoms with van der Waals surface area (Å²) in [5.74, 6) is 0.548. The van der Waals surface area contributed by atoms with Crippen molar-refractivity contribution in [1.82, 2.24) is 4.90 Å². The molecule has 0 saturated heterocycles. The van der Waals surface area contributed by atoms with Crippen LogP contribution in [-0.4, -0.2) is 29.8 Å². The third-order valence-electron chi connectivity index (χ3n) is 2.52. The van der Waals surface area contributed by atoms with Gasteiger partial charge in [-0.1, -0.05) is 28.1 Å². The summed E-state index contributed by atoms with van der Waals surface area (Å²) in [4.78, 5) is 13.6. The van der Waals surface area contributed by atoms with Gasteiger partial charge in [-0.15, -0.1) is 11.6 Å². The Balaban J connectivity index is 2.64. The fraction of sp³-hybridized carbons (Fsp3) is 0.417. The van der Waals surface area contributed by atoms with E-state index in [0.717, 1.165) is 10.0 Å². The predicted octanol–water partition coefficient (Wildman–Crippen LogP) is 3.08. The number of likely N-dealkylation sites (N-methyl/N-ethyl adjacent to an activating group) is 1. The van der Waals surface area contributed by atoms with Gasteiger partial charge in [-0.2, -0.15) is 0 Å². The molecule has 88 valence electrons. The highest BCUT2D eigenvalue weighted by molar-refractivity contribution is 9.10. The van der Waals surface area contributed by atoms with E-state index in [2.05, 4.69) is 15.9 Å². The van der Waals surface area contributed by atoms with E-state index in [4.69, 9.17) is 11.6 Å². The minimum atomic E-state index is 0.0707. The highest BCUT2D eigenvalue weighted by Gasteiger charge is 2.14. The average Bonchev–Trinajstić information content (AvgIpc) is 2.27. The lowest BCUT2D eigenvalue weighted by Crippen LogP contribution is -2.37. The topological polar surface area (TPSA) is 20.3 Å². The molecule has 0 heterocycles. The van der Waals surface area contributed by atoms with Gasteiger partial charge in [0.2, 0.25) is 5.91 Å². The maximum Gasteiger partial charge on any atom is 0.227 e. The Morgan fingerprint density at radius 2 is 2.25 bits per heavy atom. The molecule has 0 aliphatic carbocycles. The molecule has 0 aliphatic heterocycles. The number of carbonyl (C=O) groups excluding carboxylic acids is 1. The molecule has 2 nitrogen and oxygen atoms in total. The highest BCUT2D eigenvalue weighted by atomic mass is 79.9. The fourth-order valence-corrected chi connectivity index (χ4v) is 1.95. The molecule has 16 heavy (non-hydrogen) atoms. The molecule has 0 aromatic heterocycles. The van der Waals surface area contributed by atoms with Crippen LogP contribution in [0.5, 0.6) is 0 Å². The van der Waals surface area contributed by atoms with E-state index in [0.29, 0.717) is 12.3 Å². The average molecular weight is 305 g/mol. The zero-order valence-electron chi connectivity index (χ0n) is 9.41. The van der Waals surface area contributed by atoms with Crippen LogP contribution in [0.4, 0.5) is 0 Å². The van der Waals surface area contributed by atoms with Crippen LogP contribution in [0.3, 0.4) is 0 Å². The smallest absolute Gasteiger partial charge is 0.227 e. The van der Waals surface area contributed by atoms with Crippen molar-refractivity contribution in [2.45, 2.75) is 19.4 Å². The molecule has 1 aromatic rings. The Morgan fingerprint density at radius 1 is 1.56 bits per heavy atom. The maximum absolute atomic E-state index is 11.9. The Bertz CT molecular complexity index is 370. The van der Waals surface area contributed by atoms with Crippen LogP contribution in [0.2, 0.25) is 0 Å². The highest BCUT2D eigenvalue weighted by Crippen LogP contribution is 2.13. The second kappa shape index (κ2) is 6.26. The van der Waals surface area contributed by atoms with E-state index >= 15 is 0 Å². The number of nitrogens with zero attached hydrogens (tertiary/aromatic N) is 1. The van der Waals surface area contributed by atoms with E-state index in [1.165, 1.54) is 0 Å². The summed E-state index contributed by atoms with van der Waals surface area (Å²) in [5, 5.41) is 0. The first-order chi connectivity index (χ1) is 7.54. The van der Waals surface area contributed by atoms with Gasteiger partial charge in [-0.25, -0.2) is 0 Å². The quantitative estimate of drug-likeness (QED) is 0.783. The molecule has 1 unspecified atom stereocenters. The van der Waals surface area contributed by atoms with Crippen molar-refractivity contribution in [2.75, 3.05) is 12.9 Å². The zero-order chi connectivity index (χ0) is 12.1. The van der Waals surface area contributed by atoms with Crippen molar-refractivity contribution in [1.29, 1.82) is 0 Å². The van der Waals surface area contributed by atoms with Gasteiger partial charge < -0.3 is 4.90 Å². The van der Waals surface area contributed by atoms with Crippen molar-refractivity contribution in [3.05, 3.63) is 34.3 Å². The number of halogens is 2. The molecule has 0 N–H and O–H groups in total. The predicted molar refractivity (Wildman–Crippen MR) is 70.8 cm³/mol. The second-order valence-electron chi connectivity index (χ2n) is 3.81. The molecule has 0 radical (unpaired) electrons. The first-order valence-electron chi connectivity index (χ1n) is 5.10. The summed E-state index contributed by atoms with van der Waals surface area (Å²) >= 11 is 9.10. The van der Waals surface area contributed by atoms with Gasteiger partial charge in [0.05, 0.1) is 6.42 Å².